The van der Waals surface area contributed by atoms with E-state index < -0.39 is 10.0 Å². The van der Waals surface area contributed by atoms with Crippen LogP contribution >= 0.6 is 38.9 Å². The first-order valence-corrected chi connectivity index (χ1v) is 8.26. The number of aromatic nitrogens is 1. The summed E-state index contributed by atoms with van der Waals surface area (Å²) >= 11 is 10.1. The predicted octanol–water partition coefficient (Wildman–Crippen LogP) is 3.67. The zero-order chi connectivity index (χ0) is 13.3. The number of sulfonamides is 1. The first-order chi connectivity index (χ1) is 8.40. The monoisotopic (exact) mass is 366 g/mol. The molecule has 0 aromatic carbocycles. The summed E-state index contributed by atoms with van der Waals surface area (Å²) < 4.78 is 27.8. The molecule has 0 atom stereocenters. The Kier molecular flexibility index (Phi) is 3.96. The van der Waals surface area contributed by atoms with Crippen LogP contribution in [0.2, 0.25) is 4.34 Å². The van der Waals surface area contributed by atoms with Crippen molar-refractivity contribution in [2.24, 2.45) is 0 Å². The molecule has 2 heterocycles. The molecule has 0 radical (unpaired) electrons. The first kappa shape index (κ1) is 13.8. The van der Waals surface area contributed by atoms with Crippen LogP contribution in [0.15, 0.2) is 33.1 Å². The van der Waals surface area contributed by atoms with Crippen molar-refractivity contribution in [3.63, 3.8) is 0 Å². The maximum atomic E-state index is 12.1. The van der Waals surface area contributed by atoms with E-state index in [9.17, 15) is 8.42 Å². The normalized spacial score (nSPS) is 11.5. The summed E-state index contributed by atoms with van der Waals surface area (Å²) in [6.45, 7) is 1.76. The van der Waals surface area contributed by atoms with Gasteiger partial charge in [-0.15, -0.1) is 11.3 Å². The average Bonchev–Trinajstić information content (AvgIpc) is 2.63. The minimum absolute atomic E-state index is 0.169. The number of nitrogens with zero attached hydrogens (tertiary/aromatic N) is 1. The maximum absolute atomic E-state index is 12.1. The number of aryl methyl sites for hydroxylation is 1. The van der Waals surface area contributed by atoms with Crippen LogP contribution < -0.4 is 4.72 Å². The quantitative estimate of drug-likeness (QED) is 0.900. The van der Waals surface area contributed by atoms with Crippen LogP contribution in [0.3, 0.4) is 0 Å². The van der Waals surface area contributed by atoms with E-state index in [1.807, 2.05) is 0 Å². The van der Waals surface area contributed by atoms with Crippen molar-refractivity contribution in [2.75, 3.05) is 4.72 Å². The molecule has 96 valence electrons. The van der Waals surface area contributed by atoms with Gasteiger partial charge in [-0.3, -0.25) is 4.72 Å². The largest absolute Gasteiger partial charge is 0.272 e. The maximum Gasteiger partial charge on any atom is 0.272 e. The number of anilines is 1. The van der Waals surface area contributed by atoms with E-state index in [0.29, 0.717) is 8.81 Å². The Hall–Kier alpha value is -0.630. The first-order valence-electron chi connectivity index (χ1n) is 4.79. The molecule has 2 aromatic heterocycles. The molecule has 2 aromatic rings. The Morgan fingerprint density at radius 1 is 1.50 bits per heavy atom. The molecule has 8 heteroatoms. The van der Waals surface area contributed by atoms with E-state index in [1.165, 1.54) is 12.3 Å². The third-order valence-corrected chi connectivity index (χ3v) is 6.10. The van der Waals surface area contributed by atoms with Crippen molar-refractivity contribution in [3.05, 3.63) is 38.8 Å². The number of rotatable bonds is 3. The Balaban J connectivity index is 2.36. The lowest BCUT2D eigenvalue weighted by molar-refractivity contribution is 0.603. The van der Waals surface area contributed by atoms with Crippen molar-refractivity contribution in [3.8, 4) is 0 Å². The molecule has 0 unspecified atom stereocenters. The second kappa shape index (κ2) is 5.16. The highest BCUT2D eigenvalue weighted by atomic mass is 79.9. The van der Waals surface area contributed by atoms with E-state index in [2.05, 4.69) is 25.6 Å². The van der Waals surface area contributed by atoms with Gasteiger partial charge < -0.3 is 0 Å². The molecule has 0 fully saturated rings. The van der Waals surface area contributed by atoms with Gasteiger partial charge in [0.2, 0.25) is 0 Å². The molecule has 4 nitrogen and oxygen atoms in total. The number of nitrogens with one attached hydrogen (secondary N) is 1. The van der Waals surface area contributed by atoms with Gasteiger partial charge >= 0.3 is 0 Å². The molecule has 0 amide bonds. The Labute approximate surface area is 122 Å². The summed E-state index contributed by atoms with van der Waals surface area (Å²) in [5.74, 6) is 0.250. The van der Waals surface area contributed by atoms with Gasteiger partial charge in [-0.2, -0.15) is 0 Å². The summed E-state index contributed by atoms with van der Waals surface area (Å²) in [5, 5.41) is 0. The van der Waals surface area contributed by atoms with E-state index in [1.54, 1.807) is 19.1 Å². The lowest BCUT2D eigenvalue weighted by Gasteiger charge is -2.06. The van der Waals surface area contributed by atoms with Crippen LogP contribution in [-0.2, 0) is 10.0 Å². The minimum Gasteiger partial charge on any atom is -0.262 e. The third-order valence-electron chi connectivity index (χ3n) is 2.09. The molecule has 0 saturated heterocycles. The fourth-order valence-electron chi connectivity index (χ4n) is 1.20. The van der Waals surface area contributed by atoms with Gasteiger partial charge in [0.1, 0.15) is 4.21 Å². The molecule has 1 N–H and O–H groups in total. The smallest absolute Gasteiger partial charge is 0.262 e. The Bertz CT molecular complexity index is 665. The van der Waals surface area contributed by atoms with Crippen molar-refractivity contribution in [1.29, 1.82) is 0 Å². The van der Waals surface area contributed by atoms with Gasteiger partial charge in [0.15, 0.2) is 5.82 Å². The fraction of sp³-hybridized carbons (Fsp3) is 0.100. The lowest BCUT2D eigenvalue weighted by atomic mass is 10.4. The Morgan fingerprint density at radius 3 is 2.78 bits per heavy atom. The molecule has 2 rings (SSSR count). The summed E-state index contributed by atoms with van der Waals surface area (Å²) in [7, 11) is -3.65. The van der Waals surface area contributed by atoms with Crippen LogP contribution in [0.5, 0.6) is 0 Å². The van der Waals surface area contributed by atoms with Crippen molar-refractivity contribution in [1.82, 2.24) is 4.98 Å². The van der Waals surface area contributed by atoms with E-state index in [4.69, 9.17) is 11.6 Å². The molecule has 0 aliphatic heterocycles. The number of halogens is 2. The topological polar surface area (TPSA) is 59.1 Å². The van der Waals surface area contributed by atoms with Gasteiger partial charge in [0.25, 0.3) is 10.0 Å². The highest BCUT2D eigenvalue weighted by Crippen LogP contribution is 2.31. The third kappa shape index (κ3) is 2.85. The van der Waals surface area contributed by atoms with Crippen molar-refractivity contribution < 1.29 is 8.42 Å². The highest BCUT2D eigenvalue weighted by Gasteiger charge is 2.19. The molecular weight excluding hydrogens is 360 g/mol. The fourth-order valence-corrected chi connectivity index (χ4v) is 4.42. The Morgan fingerprint density at radius 2 is 2.22 bits per heavy atom. The zero-order valence-electron chi connectivity index (χ0n) is 9.15. The number of thiophene rings is 1. The van der Waals surface area contributed by atoms with Crippen LogP contribution in [-0.4, -0.2) is 13.4 Å². The van der Waals surface area contributed by atoms with Gasteiger partial charge in [0.05, 0.1) is 8.81 Å². The van der Waals surface area contributed by atoms with Crippen LogP contribution in [0.1, 0.15) is 5.56 Å². The molecular formula is C10H8BrClN2O2S2. The average molecular weight is 368 g/mol. The number of hydrogen-bond acceptors (Lipinski definition) is 4. The zero-order valence-corrected chi connectivity index (χ0v) is 13.1. The standard InChI is InChI=1S/C10H8BrClN2O2S2/c1-6-5-8(17-9(6)12)18(15,16)14-10-7(11)3-2-4-13-10/h2-5H,1H3,(H,13,14). The van der Waals surface area contributed by atoms with Gasteiger partial charge in [0, 0.05) is 6.20 Å². The number of hydrogen-bond donors (Lipinski definition) is 1. The predicted molar refractivity (Wildman–Crippen MR) is 76.8 cm³/mol. The van der Waals surface area contributed by atoms with E-state index in [0.717, 1.165) is 16.9 Å². The van der Waals surface area contributed by atoms with Crippen molar-refractivity contribution >= 4 is 54.7 Å². The summed E-state index contributed by atoms with van der Waals surface area (Å²) in [4.78, 5) is 3.95. The minimum atomic E-state index is -3.65. The second-order valence-corrected chi connectivity index (χ2v) is 7.88. The van der Waals surface area contributed by atoms with Crippen LogP contribution in [0, 0.1) is 6.92 Å². The molecule has 0 aliphatic rings. The lowest BCUT2D eigenvalue weighted by Crippen LogP contribution is -2.12. The van der Waals surface area contributed by atoms with Gasteiger partial charge in [-0.1, -0.05) is 11.6 Å². The van der Waals surface area contributed by atoms with Crippen LogP contribution in [0.4, 0.5) is 5.82 Å². The second-order valence-electron chi connectivity index (χ2n) is 3.46. The SMILES string of the molecule is Cc1cc(S(=O)(=O)Nc2ncccc2Br)sc1Cl. The summed E-state index contributed by atoms with van der Waals surface area (Å²) in [6, 6.07) is 4.94. The summed E-state index contributed by atoms with van der Waals surface area (Å²) in [5.41, 5.74) is 0.738. The molecule has 0 saturated carbocycles. The summed E-state index contributed by atoms with van der Waals surface area (Å²) in [6.07, 6.45) is 1.51. The van der Waals surface area contributed by atoms with Crippen molar-refractivity contribution in [2.45, 2.75) is 11.1 Å². The molecule has 0 spiro atoms. The molecule has 0 bridgehead atoms. The molecule has 18 heavy (non-hydrogen) atoms. The van der Waals surface area contributed by atoms with Gasteiger partial charge in [-0.05, 0) is 46.6 Å². The van der Waals surface area contributed by atoms with Gasteiger partial charge in [-0.25, -0.2) is 13.4 Å². The number of pyridine rings is 1. The van der Waals surface area contributed by atoms with E-state index in [-0.39, 0.29) is 10.0 Å². The highest BCUT2D eigenvalue weighted by molar-refractivity contribution is 9.10. The van der Waals surface area contributed by atoms with Crippen LogP contribution in [0.25, 0.3) is 0 Å². The van der Waals surface area contributed by atoms with E-state index >= 15 is 0 Å². The molecule has 0 aliphatic carbocycles.